The van der Waals surface area contributed by atoms with E-state index in [-0.39, 0.29) is 64.8 Å². The number of aromatic carboxylic acids is 4. The quantitative estimate of drug-likeness (QED) is 0.0323. The van der Waals surface area contributed by atoms with Crippen molar-refractivity contribution < 1.29 is 76.8 Å². The molecule has 4 unspecified atom stereocenters. The van der Waals surface area contributed by atoms with E-state index in [1.807, 2.05) is 162 Å². The van der Waals surface area contributed by atoms with E-state index in [0.29, 0.717) is 147 Å². The largest absolute Gasteiger partial charge is 0.477 e. The standard InChI is InChI=1S/C26H34NO4PS.C25H32NO4PS.C24H28Cl2NO4PS.C24H29ClNO4PS/c1-18-7-8-23(19(2)15-18)32(6,30)27(17-20-10-13-31-14-11-20)22-16-21(9-12-26(3,4)5)33-24(22)25(28)29;1-18-6-8-20(9-7-18)31(5,29)26(17-19-11-14-30-15-12-19)22-16-21(10-13-25(2,3)4)32-23(22)24(27)28;1-24(2,3)10-7-18-14-20(22(33-18)23(28)29)27(15-16-8-11-31-12-9-16)32(4,30)21-6-5-17(25)13-19(21)26;1-24(2,3)12-9-20-15-21(22(32-20)23(27)28)26(16-17-10-13-30-14-11-17)31(4,29)19-7-5-18(25)6-8-19/h7-8,15-16,20H,10-11,13-14,17H2,1-6H3,(H,28,29);6-9,16,19H,11-12,14-15,17H2,1-5H3,(H,27,28);5-6,13-14,16H,8-9,11-12,15H2,1-4H3,(H,28,29);5-8,15,17H,10-11,13-14,16H2,1-4H3,(H,27,28). The molecule has 4 aromatic heterocycles. The number of hydrogen-bond acceptors (Lipinski definition) is 16. The lowest BCUT2D eigenvalue weighted by molar-refractivity contribution is 0.0683. The average molecular weight is 1980 g/mol. The van der Waals surface area contributed by atoms with E-state index < -0.39 is 53.0 Å². The van der Waals surface area contributed by atoms with Crippen molar-refractivity contribution in [2.75, 3.05) is 124 Å². The Morgan fingerprint density at radius 1 is 0.354 bits per heavy atom. The number of benzene rings is 4. The van der Waals surface area contributed by atoms with Gasteiger partial charge in [-0.1, -0.05) is 118 Å². The lowest BCUT2D eigenvalue weighted by atomic mass is 9.98. The predicted octanol–water partition coefficient (Wildman–Crippen LogP) is 24.1. The van der Waals surface area contributed by atoms with Crippen molar-refractivity contribution >= 4 is 177 Å². The van der Waals surface area contributed by atoms with Crippen LogP contribution in [0.25, 0.3) is 0 Å². The summed E-state index contributed by atoms with van der Waals surface area (Å²) in [4.78, 5) is 52.0. The van der Waals surface area contributed by atoms with Gasteiger partial charge in [-0.25, -0.2) is 19.2 Å². The van der Waals surface area contributed by atoms with Gasteiger partial charge < -0.3 is 58.1 Å². The summed E-state index contributed by atoms with van der Waals surface area (Å²) in [5.41, 5.74) is 4.19. The highest BCUT2D eigenvalue weighted by Crippen LogP contribution is 2.57. The molecular weight excluding hydrogens is 1860 g/mol. The Bertz CT molecular complexity index is 5470. The fraction of sp³-hybridized carbons (Fsp3) is 0.475. The van der Waals surface area contributed by atoms with Gasteiger partial charge in [0, 0.05) is 159 Å². The van der Waals surface area contributed by atoms with E-state index in [4.69, 9.17) is 53.8 Å². The van der Waals surface area contributed by atoms with Gasteiger partial charge in [0.2, 0.25) is 0 Å². The number of halogens is 3. The van der Waals surface area contributed by atoms with E-state index in [9.17, 15) is 57.9 Å². The fourth-order valence-electron chi connectivity index (χ4n) is 14.8. The first-order valence-corrected chi connectivity index (χ1v) is 56.2. The molecule has 20 nitrogen and oxygen atoms in total. The number of carbonyl (C=O) groups is 4. The molecule has 0 radical (unpaired) electrons. The lowest BCUT2D eigenvalue weighted by Gasteiger charge is -2.36. The van der Waals surface area contributed by atoms with E-state index in [2.05, 4.69) is 47.4 Å². The summed E-state index contributed by atoms with van der Waals surface area (Å²) in [7, 11) is -12.6. The molecule has 4 aromatic carbocycles. The molecule has 8 heterocycles. The molecule has 4 N–H and O–H groups in total. The van der Waals surface area contributed by atoms with Crippen molar-refractivity contribution in [2.24, 2.45) is 45.3 Å². The Kier molecular flexibility index (Phi) is 37.4. The molecule has 31 heteroatoms. The maximum Gasteiger partial charge on any atom is 0.348 e. The Morgan fingerprint density at radius 2 is 0.600 bits per heavy atom. The van der Waals surface area contributed by atoms with Crippen LogP contribution in [0.15, 0.2) is 109 Å². The highest BCUT2D eigenvalue weighted by atomic mass is 35.5. The van der Waals surface area contributed by atoms with Crippen LogP contribution in [0.3, 0.4) is 0 Å². The van der Waals surface area contributed by atoms with Crippen LogP contribution in [0, 0.1) is 113 Å². The number of anilines is 4. The van der Waals surface area contributed by atoms with Gasteiger partial charge in [-0.15, -0.1) is 45.3 Å². The summed E-state index contributed by atoms with van der Waals surface area (Å²) in [6.45, 7) is 44.1. The zero-order chi connectivity index (χ0) is 95.8. The summed E-state index contributed by atoms with van der Waals surface area (Å²) < 4.78 is 86.6. The van der Waals surface area contributed by atoms with Crippen LogP contribution in [-0.2, 0) is 37.2 Å². The Labute approximate surface area is 800 Å². The second-order valence-corrected chi connectivity index (χ2v) is 54.2. The van der Waals surface area contributed by atoms with Crippen LogP contribution in [0.1, 0.15) is 209 Å². The van der Waals surface area contributed by atoms with E-state index in [0.717, 1.165) is 124 Å². The minimum Gasteiger partial charge on any atom is -0.477 e. The van der Waals surface area contributed by atoms with Crippen LogP contribution >= 0.6 is 109 Å². The number of ether oxygens (including phenoxy) is 4. The van der Waals surface area contributed by atoms with E-state index in [1.54, 1.807) is 96.7 Å². The maximum atomic E-state index is 14.5. The first-order valence-electron chi connectivity index (χ1n) is 43.4. The molecule has 700 valence electrons. The number of carboxylic acid groups (broad SMARTS) is 4. The highest BCUT2D eigenvalue weighted by molar-refractivity contribution is 7.73. The summed E-state index contributed by atoms with van der Waals surface area (Å²) in [6, 6.07) is 32.6. The van der Waals surface area contributed by atoms with Crippen molar-refractivity contribution in [1.82, 2.24) is 0 Å². The van der Waals surface area contributed by atoms with Gasteiger partial charge in [0.05, 0.1) is 47.3 Å². The molecule has 0 amide bonds. The molecule has 12 rings (SSSR count). The molecule has 4 saturated heterocycles. The van der Waals surface area contributed by atoms with Crippen molar-refractivity contribution in [1.29, 1.82) is 0 Å². The number of nitrogens with zero attached hydrogens (tertiary/aromatic N) is 4. The number of carboxylic acids is 4. The minimum atomic E-state index is -3.31. The Morgan fingerprint density at radius 3 is 0.862 bits per heavy atom. The molecule has 4 aliphatic heterocycles. The van der Waals surface area contributed by atoms with Crippen LogP contribution < -0.4 is 39.9 Å². The first-order chi connectivity index (χ1) is 60.7. The van der Waals surface area contributed by atoms with Crippen LogP contribution in [0.4, 0.5) is 22.7 Å². The monoisotopic (exact) mass is 1980 g/mol. The fourth-order valence-corrected chi connectivity index (χ4v) is 28.3. The van der Waals surface area contributed by atoms with Crippen LogP contribution in [-0.4, -0.2) is 150 Å². The predicted molar refractivity (Wildman–Crippen MR) is 542 cm³/mol. The summed E-state index contributed by atoms with van der Waals surface area (Å²) in [5, 5.41) is 43.8. The van der Waals surface area contributed by atoms with Crippen LogP contribution in [0.2, 0.25) is 15.1 Å². The smallest absolute Gasteiger partial charge is 0.348 e. The number of thiophene rings is 4. The molecule has 8 aromatic rings. The van der Waals surface area contributed by atoms with Gasteiger partial charge in [-0.05, 0) is 269 Å². The molecule has 0 spiro atoms. The minimum absolute atomic E-state index is 0.118. The van der Waals surface area contributed by atoms with E-state index in [1.165, 1.54) is 0 Å². The van der Waals surface area contributed by atoms with Gasteiger partial charge in [-0.2, -0.15) is 0 Å². The Balaban J connectivity index is 0.000000195. The number of aryl methyl sites for hydroxylation is 3. The van der Waals surface area contributed by atoms with Gasteiger partial charge in [0.1, 0.15) is 19.5 Å². The molecule has 4 fully saturated rings. The third-order valence-electron chi connectivity index (χ3n) is 21.9. The first kappa shape index (κ1) is 106. The Hall–Kier alpha value is -7.37. The average Bonchev–Trinajstić information content (AvgIpc) is 1.49. The summed E-state index contributed by atoms with van der Waals surface area (Å²) in [5.74, 6) is 22.0. The van der Waals surface area contributed by atoms with Gasteiger partial charge in [0.15, 0.2) is 29.2 Å². The number of rotatable bonds is 24. The van der Waals surface area contributed by atoms with Crippen molar-refractivity contribution in [3.8, 4) is 47.4 Å². The molecule has 4 aliphatic rings. The molecule has 0 aliphatic carbocycles. The lowest BCUT2D eigenvalue weighted by Crippen LogP contribution is -2.34. The second-order valence-electron chi connectivity index (χ2n) is 37.8. The molecule has 130 heavy (non-hydrogen) atoms. The molecule has 0 saturated carbocycles. The zero-order valence-electron chi connectivity index (χ0n) is 77.9. The third kappa shape index (κ3) is 30.3. The normalized spacial score (nSPS) is 16.6. The molecule has 0 bridgehead atoms. The van der Waals surface area contributed by atoms with Crippen molar-refractivity contribution in [2.45, 2.75) is 155 Å². The zero-order valence-corrected chi connectivity index (χ0v) is 87.0. The van der Waals surface area contributed by atoms with Gasteiger partial charge >= 0.3 is 23.9 Å². The summed E-state index contributed by atoms with van der Waals surface area (Å²) in [6.07, 6.45) is 6.79. The van der Waals surface area contributed by atoms with Gasteiger partial charge in [0.25, 0.3) is 0 Å². The second kappa shape index (κ2) is 45.8. The third-order valence-corrected chi connectivity index (χ3v) is 37.3. The SMILES string of the molecule is CC(C)(C)C#Cc1cc(N(CC2CCOCC2)P(C)(=O)c2ccc(Cl)cc2)c(C(=O)O)s1.CC(C)(C)C#Cc1cc(N(CC2CCOCC2)P(C)(=O)c2ccc(Cl)cc2Cl)c(C(=O)O)s1.Cc1ccc(P(C)(=O)N(CC2CCOCC2)c2cc(C#CC(C)(C)C)sc2C(=O)O)c(C)c1.Cc1ccc(P(C)(=O)N(CC2CCOCC2)c2cc(C#CC(C)(C)C)sc2C(=O)O)cc1. The van der Waals surface area contributed by atoms with Crippen molar-refractivity contribution in [3.63, 3.8) is 0 Å². The topological polar surface area (TPSA) is 267 Å². The van der Waals surface area contributed by atoms with Crippen molar-refractivity contribution in [3.05, 3.63) is 180 Å². The highest BCUT2D eigenvalue weighted by Gasteiger charge is 2.41. The molecular formula is C99H123Cl3N4O16P4S4. The van der Waals surface area contributed by atoms with Gasteiger partial charge in [-0.3, -0.25) is 18.3 Å². The molecule has 4 atom stereocenters. The van der Waals surface area contributed by atoms with E-state index >= 15 is 0 Å². The number of hydrogen-bond donors (Lipinski definition) is 4. The van der Waals surface area contributed by atoms with Crippen LogP contribution in [0.5, 0.6) is 0 Å². The maximum absolute atomic E-state index is 14.5. The summed E-state index contributed by atoms with van der Waals surface area (Å²) >= 11 is 23.1.